The van der Waals surface area contributed by atoms with E-state index in [9.17, 15) is 0 Å². The Morgan fingerprint density at radius 3 is 1.64 bits per heavy atom. The summed E-state index contributed by atoms with van der Waals surface area (Å²) < 4.78 is 0. The molecule has 2 aromatic rings. The van der Waals surface area contributed by atoms with Crippen LogP contribution >= 0.6 is 0 Å². The minimum atomic E-state index is -1.82. The molecular weight excluding hydrogens is 416 g/mol. The Hall–Kier alpha value is -2.70. The van der Waals surface area contributed by atoms with Crippen LogP contribution in [0.25, 0.3) is 0 Å². The van der Waals surface area contributed by atoms with Gasteiger partial charge in [0.1, 0.15) is 0 Å². The predicted molar refractivity (Wildman–Crippen MR) is 131 cm³/mol. The van der Waals surface area contributed by atoms with Crippen LogP contribution in [0.1, 0.15) is 62.6 Å². The number of carboxylic acid groups (broad SMARTS) is 2. The van der Waals surface area contributed by atoms with E-state index in [1.54, 1.807) is 0 Å². The first-order chi connectivity index (χ1) is 16.0. The summed E-state index contributed by atoms with van der Waals surface area (Å²) in [6.07, 6.45) is 8.34. The number of hydrogen-bond donors (Lipinski definition) is 2. The van der Waals surface area contributed by atoms with Crippen molar-refractivity contribution in [1.82, 2.24) is 9.80 Å². The molecule has 33 heavy (non-hydrogen) atoms. The second-order valence-electron chi connectivity index (χ2n) is 8.48. The van der Waals surface area contributed by atoms with Crippen molar-refractivity contribution >= 4 is 11.9 Å². The topological polar surface area (TPSA) is 81.1 Å². The second kappa shape index (κ2) is 15.2. The van der Waals surface area contributed by atoms with E-state index in [-0.39, 0.29) is 0 Å². The SMILES string of the molecule is CCCCCCCCN1CCN(C(c2ccccc2)c2ccccc2)CC1.O=C(O)C(=O)O. The molecule has 0 amide bonds. The largest absolute Gasteiger partial charge is 0.473 e. The zero-order chi connectivity index (χ0) is 23.9. The van der Waals surface area contributed by atoms with Crippen LogP contribution in [0.4, 0.5) is 0 Å². The molecule has 0 unspecified atom stereocenters. The predicted octanol–water partition coefficient (Wildman–Crippen LogP) is 4.91. The summed E-state index contributed by atoms with van der Waals surface area (Å²) in [6.45, 7) is 8.28. The maximum absolute atomic E-state index is 9.10. The number of benzene rings is 2. The molecule has 6 nitrogen and oxygen atoms in total. The van der Waals surface area contributed by atoms with Gasteiger partial charge in [0.15, 0.2) is 0 Å². The summed E-state index contributed by atoms with van der Waals surface area (Å²) >= 11 is 0. The van der Waals surface area contributed by atoms with Gasteiger partial charge in [0.2, 0.25) is 0 Å². The van der Waals surface area contributed by atoms with Gasteiger partial charge in [-0.1, -0.05) is 99.7 Å². The maximum atomic E-state index is 9.10. The number of carboxylic acids is 2. The molecular formula is C27H38N2O4. The standard InChI is InChI=1S/C25H36N2.C2H2O4/c1-2-3-4-5-6-13-18-26-19-21-27(22-20-26)25(23-14-9-7-10-15-23)24-16-11-8-12-17-24;3-1(4)2(5)6/h7-12,14-17,25H,2-6,13,18-22H2,1H3;(H,3,4)(H,5,6). The van der Waals surface area contributed by atoms with Crippen LogP contribution in [-0.2, 0) is 9.59 Å². The van der Waals surface area contributed by atoms with Gasteiger partial charge in [-0.05, 0) is 24.1 Å². The Morgan fingerprint density at radius 1 is 0.727 bits per heavy atom. The molecule has 3 rings (SSSR count). The summed E-state index contributed by atoms with van der Waals surface area (Å²) in [5.74, 6) is -3.65. The molecule has 0 spiro atoms. The van der Waals surface area contributed by atoms with Gasteiger partial charge in [-0.15, -0.1) is 0 Å². The molecule has 180 valence electrons. The lowest BCUT2D eigenvalue weighted by Crippen LogP contribution is -2.48. The molecule has 0 atom stereocenters. The summed E-state index contributed by atoms with van der Waals surface area (Å²) in [6, 6.07) is 22.4. The van der Waals surface area contributed by atoms with E-state index in [4.69, 9.17) is 19.8 Å². The highest BCUT2D eigenvalue weighted by Crippen LogP contribution is 2.29. The number of hydrogen-bond acceptors (Lipinski definition) is 4. The highest BCUT2D eigenvalue weighted by Gasteiger charge is 2.25. The molecule has 1 fully saturated rings. The number of piperazine rings is 1. The third kappa shape index (κ3) is 9.76. The van der Waals surface area contributed by atoms with Crippen LogP contribution in [0, 0.1) is 0 Å². The zero-order valence-corrected chi connectivity index (χ0v) is 19.7. The summed E-state index contributed by atoms with van der Waals surface area (Å²) in [4.78, 5) is 23.5. The van der Waals surface area contributed by atoms with E-state index in [1.165, 1.54) is 69.3 Å². The number of unbranched alkanes of at least 4 members (excludes halogenated alkanes) is 5. The zero-order valence-electron chi connectivity index (χ0n) is 19.7. The molecule has 1 aliphatic heterocycles. The number of nitrogens with zero attached hydrogens (tertiary/aromatic N) is 2. The van der Waals surface area contributed by atoms with Gasteiger partial charge < -0.3 is 15.1 Å². The lowest BCUT2D eigenvalue weighted by molar-refractivity contribution is -0.159. The lowest BCUT2D eigenvalue weighted by Gasteiger charge is -2.39. The monoisotopic (exact) mass is 454 g/mol. The van der Waals surface area contributed by atoms with E-state index in [2.05, 4.69) is 77.4 Å². The Morgan fingerprint density at radius 2 is 1.18 bits per heavy atom. The molecule has 6 heteroatoms. The molecule has 0 radical (unpaired) electrons. The fourth-order valence-electron chi connectivity index (χ4n) is 4.25. The molecule has 2 N–H and O–H groups in total. The first-order valence-electron chi connectivity index (χ1n) is 12.1. The number of aliphatic carboxylic acids is 2. The molecule has 0 bridgehead atoms. The minimum Gasteiger partial charge on any atom is -0.473 e. The van der Waals surface area contributed by atoms with Gasteiger partial charge in [-0.3, -0.25) is 4.90 Å². The minimum absolute atomic E-state index is 0.378. The Labute approximate surface area is 197 Å². The first kappa shape index (κ1) is 26.6. The van der Waals surface area contributed by atoms with E-state index in [0.29, 0.717) is 6.04 Å². The highest BCUT2D eigenvalue weighted by atomic mass is 16.4. The number of rotatable bonds is 10. The Bertz CT molecular complexity index is 754. The fraction of sp³-hybridized carbons (Fsp3) is 0.481. The lowest BCUT2D eigenvalue weighted by atomic mass is 9.96. The summed E-state index contributed by atoms with van der Waals surface area (Å²) in [7, 11) is 0. The molecule has 0 saturated carbocycles. The van der Waals surface area contributed by atoms with Crippen molar-refractivity contribution in [1.29, 1.82) is 0 Å². The summed E-state index contributed by atoms with van der Waals surface area (Å²) in [5.41, 5.74) is 2.82. The van der Waals surface area contributed by atoms with E-state index < -0.39 is 11.9 Å². The average Bonchev–Trinajstić information content (AvgIpc) is 2.84. The van der Waals surface area contributed by atoms with Crippen LogP contribution in [0.5, 0.6) is 0 Å². The number of carbonyl (C=O) groups is 2. The van der Waals surface area contributed by atoms with E-state index in [0.717, 1.165) is 13.1 Å². The van der Waals surface area contributed by atoms with Crippen molar-refractivity contribution in [3.8, 4) is 0 Å². The highest BCUT2D eigenvalue weighted by molar-refractivity contribution is 6.27. The van der Waals surface area contributed by atoms with Crippen LogP contribution in [0.2, 0.25) is 0 Å². The molecule has 1 heterocycles. The molecule has 1 aliphatic rings. The Kier molecular flexibility index (Phi) is 12.2. The molecule has 0 aromatic heterocycles. The third-order valence-corrected chi connectivity index (χ3v) is 6.01. The maximum Gasteiger partial charge on any atom is 0.414 e. The third-order valence-electron chi connectivity index (χ3n) is 6.01. The molecule has 2 aromatic carbocycles. The van der Waals surface area contributed by atoms with E-state index in [1.807, 2.05) is 0 Å². The molecule has 1 saturated heterocycles. The first-order valence-corrected chi connectivity index (χ1v) is 12.1. The normalized spacial score (nSPS) is 14.5. The van der Waals surface area contributed by atoms with Crippen LogP contribution < -0.4 is 0 Å². The molecule has 0 aliphatic carbocycles. The second-order valence-corrected chi connectivity index (χ2v) is 8.48. The van der Waals surface area contributed by atoms with Crippen molar-refractivity contribution in [2.45, 2.75) is 51.5 Å². The van der Waals surface area contributed by atoms with Crippen LogP contribution in [-0.4, -0.2) is 64.7 Å². The van der Waals surface area contributed by atoms with Gasteiger partial charge >= 0.3 is 11.9 Å². The fourth-order valence-corrected chi connectivity index (χ4v) is 4.25. The van der Waals surface area contributed by atoms with Gasteiger partial charge in [0, 0.05) is 26.2 Å². The smallest absolute Gasteiger partial charge is 0.414 e. The van der Waals surface area contributed by atoms with Crippen molar-refractivity contribution in [3.05, 3.63) is 71.8 Å². The van der Waals surface area contributed by atoms with Crippen LogP contribution in [0.15, 0.2) is 60.7 Å². The summed E-state index contributed by atoms with van der Waals surface area (Å²) in [5, 5.41) is 14.8. The van der Waals surface area contributed by atoms with Crippen molar-refractivity contribution in [3.63, 3.8) is 0 Å². The van der Waals surface area contributed by atoms with Crippen molar-refractivity contribution < 1.29 is 19.8 Å². The Balaban J connectivity index is 0.000000569. The van der Waals surface area contributed by atoms with Gasteiger partial charge in [0.05, 0.1) is 6.04 Å². The van der Waals surface area contributed by atoms with Gasteiger partial charge in [-0.25, -0.2) is 9.59 Å². The van der Waals surface area contributed by atoms with Gasteiger partial charge in [-0.2, -0.15) is 0 Å². The van der Waals surface area contributed by atoms with E-state index >= 15 is 0 Å². The van der Waals surface area contributed by atoms with Crippen molar-refractivity contribution in [2.75, 3.05) is 32.7 Å². The van der Waals surface area contributed by atoms with Crippen LogP contribution in [0.3, 0.4) is 0 Å². The average molecular weight is 455 g/mol. The quantitative estimate of drug-likeness (QED) is 0.392. The van der Waals surface area contributed by atoms with Crippen molar-refractivity contribution in [2.24, 2.45) is 0 Å². The van der Waals surface area contributed by atoms with Gasteiger partial charge in [0.25, 0.3) is 0 Å².